The summed E-state index contributed by atoms with van der Waals surface area (Å²) >= 11 is 0. The number of nitrogens with one attached hydrogen (secondary N) is 2. The first-order valence-electron chi connectivity index (χ1n) is 13.4. The van der Waals surface area contributed by atoms with Crippen molar-refractivity contribution in [1.82, 2.24) is 19.6 Å². The highest BCUT2D eigenvalue weighted by Gasteiger charge is 2.30. The van der Waals surface area contributed by atoms with Crippen LogP contribution in [0, 0.1) is 6.92 Å². The summed E-state index contributed by atoms with van der Waals surface area (Å²) in [5.74, 6) is 1.26. The number of hydrogen-bond acceptors (Lipinski definition) is 6. The van der Waals surface area contributed by atoms with Gasteiger partial charge in [0, 0.05) is 11.6 Å². The Bertz CT molecular complexity index is 1720. The predicted molar refractivity (Wildman–Crippen MR) is 148 cm³/mol. The number of benzene rings is 2. The number of ether oxygens (including phenoxy) is 1. The van der Waals surface area contributed by atoms with Crippen molar-refractivity contribution in [3.63, 3.8) is 0 Å². The number of hydrogen-bond donors (Lipinski definition) is 2. The second-order valence-electron chi connectivity index (χ2n) is 10.1. The summed E-state index contributed by atoms with van der Waals surface area (Å²) in [6.07, 6.45) is 1.77. The van der Waals surface area contributed by atoms with Gasteiger partial charge in [-0.2, -0.15) is 13.2 Å². The number of aromatic nitrogens is 4. The first-order chi connectivity index (χ1) is 19.5. The van der Waals surface area contributed by atoms with Crippen LogP contribution in [0.3, 0.4) is 0 Å². The fourth-order valence-corrected chi connectivity index (χ4v) is 6.28. The molecule has 218 valence electrons. The quantitative estimate of drug-likeness (QED) is 0.254. The molecule has 1 saturated carbocycles. The second-order valence-corrected chi connectivity index (χ2v) is 11.8. The van der Waals surface area contributed by atoms with E-state index in [1.165, 1.54) is 18.2 Å². The highest BCUT2D eigenvalue weighted by Crippen LogP contribution is 2.34. The summed E-state index contributed by atoms with van der Waals surface area (Å²) in [4.78, 5) is 20.5. The number of fused-ring (bicyclic) bond motifs is 1. The van der Waals surface area contributed by atoms with Crippen molar-refractivity contribution in [1.29, 1.82) is 0 Å². The molecule has 0 radical (unpaired) electrons. The predicted octanol–water partition coefficient (Wildman–Crippen LogP) is 6.05. The number of imidazole rings is 1. The molecule has 0 spiro atoms. The number of rotatable bonds is 7. The van der Waals surface area contributed by atoms with Gasteiger partial charge in [0.25, 0.3) is 15.6 Å². The van der Waals surface area contributed by atoms with Crippen LogP contribution < -0.4 is 15.0 Å². The van der Waals surface area contributed by atoms with Crippen LogP contribution in [0.5, 0.6) is 5.75 Å². The zero-order valence-corrected chi connectivity index (χ0v) is 23.4. The van der Waals surface area contributed by atoms with E-state index in [2.05, 4.69) is 9.71 Å². The Balaban J connectivity index is 1.57. The summed E-state index contributed by atoms with van der Waals surface area (Å²) in [6.45, 7) is 3.80. The first kappa shape index (κ1) is 28.7. The molecule has 2 aromatic heterocycles. The van der Waals surface area contributed by atoms with Gasteiger partial charge in [-0.25, -0.2) is 17.9 Å². The van der Waals surface area contributed by atoms with Gasteiger partial charge in [-0.15, -0.1) is 5.10 Å². The molecule has 41 heavy (non-hydrogen) atoms. The molecule has 5 rings (SSSR count). The van der Waals surface area contributed by atoms with Crippen LogP contribution in [0.1, 0.15) is 68.4 Å². The maximum atomic E-state index is 13.2. The summed E-state index contributed by atoms with van der Waals surface area (Å²) in [5.41, 5.74) is -0.223. The average molecular weight is 590 g/mol. The number of anilines is 1. The number of sulfonamides is 1. The van der Waals surface area contributed by atoms with Crippen molar-refractivity contribution in [3.8, 4) is 17.1 Å². The van der Waals surface area contributed by atoms with Crippen molar-refractivity contribution in [2.75, 3.05) is 11.3 Å². The van der Waals surface area contributed by atoms with Crippen molar-refractivity contribution in [2.45, 2.75) is 69.4 Å². The number of aryl methyl sites for hydroxylation is 1. The Morgan fingerprint density at radius 3 is 2.39 bits per heavy atom. The minimum Gasteiger partial charge on any atom is -0.493 e. The summed E-state index contributed by atoms with van der Waals surface area (Å²) in [5, 5.41) is 4.71. The Kier molecular flexibility index (Phi) is 7.82. The van der Waals surface area contributed by atoms with Gasteiger partial charge in [-0.05, 0) is 69.2 Å². The molecule has 4 aromatic rings. The Hall–Kier alpha value is -3.87. The lowest BCUT2D eigenvalue weighted by atomic mass is 10.00. The molecule has 1 fully saturated rings. The molecular formula is C28H30F3N5O4S. The first-order valence-corrected chi connectivity index (χ1v) is 14.9. The summed E-state index contributed by atoms with van der Waals surface area (Å²) in [6, 6.07) is 7.76. The summed E-state index contributed by atoms with van der Waals surface area (Å²) < 4.78 is 74.8. The lowest BCUT2D eigenvalue weighted by molar-refractivity contribution is -0.137. The minimum atomic E-state index is -4.55. The van der Waals surface area contributed by atoms with Gasteiger partial charge in [0.1, 0.15) is 11.6 Å². The Labute approximate surface area is 234 Å². The van der Waals surface area contributed by atoms with Crippen LogP contribution >= 0.6 is 0 Å². The van der Waals surface area contributed by atoms with Crippen molar-refractivity contribution < 1.29 is 26.3 Å². The van der Waals surface area contributed by atoms with Gasteiger partial charge in [0.2, 0.25) is 0 Å². The van der Waals surface area contributed by atoms with E-state index < -0.39 is 27.3 Å². The number of nitrogens with zero attached hydrogens (tertiary/aromatic N) is 3. The number of H-pyrrole nitrogens is 1. The Morgan fingerprint density at radius 1 is 1.07 bits per heavy atom. The van der Waals surface area contributed by atoms with Gasteiger partial charge in [0.15, 0.2) is 11.3 Å². The molecule has 2 heterocycles. The molecule has 1 aliphatic carbocycles. The highest BCUT2D eigenvalue weighted by atomic mass is 32.2. The number of halogens is 3. The van der Waals surface area contributed by atoms with E-state index in [1.54, 1.807) is 18.4 Å². The molecule has 0 amide bonds. The Morgan fingerprint density at radius 2 is 1.76 bits per heavy atom. The smallest absolute Gasteiger partial charge is 0.416 e. The molecule has 0 saturated heterocycles. The molecule has 9 nitrogen and oxygen atoms in total. The van der Waals surface area contributed by atoms with E-state index in [-0.39, 0.29) is 34.5 Å². The monoisotopic (exact) mass is 589 g/mol. The fraction of sp³-hybridized carbons (Fsp3) is 0.393. The maximum Gasteiger partial charge on any atom is 0.416 e. The number of alkyl halides is 3. The zero-order valence-electron chi connectivity index (χ0n) is 22.6. The summed E-state index contributed by atoms with van der Waals surface area (Å²) in [7, 11) is -4.23. The van der Waals surface area contributed by atoms with Gasteiger partial charge in [0.05, 0.1) is 28.3 Å². The van der Waals surface area contributed by atoms with E-state index in [1.807, 2.05) is 0 Å². The minimum absolute atomic E-state index is 0.0386. The van der Waals surface area contributed by atoms with E-state index >= 15 is 0 Å². The van der Waals surface area contributed by atoms with Gasteiger partial charge < -0.3 is 9.72 Å². The average Bonchev–Trinajstić information content (AvgIpc) is 3.07. The molecule has 2 N–H and O–H groups in total. The van der Waals surface area contributed by atoms with E-state index in [4.69, 9.17) is 14.8 Å². The van der Waals surface area contributed by atoms with Crippen molar-refractivity contribution in [2.24, 2.45) is 0 Å². The maximum absolute atomic E-state index is 13.2. The molecule has 0 bridgehead atoms. The lowest BCUT2D eigenvalue weighted by Gasteiger charge is -2.15. The van der Waals surface area contributed by atoms with Gasteiger partial charge in [-0.3, -0.25) is 9.52 Å². The van der Waals surface area contributed by atoms with E-state index in [0.717, 1.165) is 62.8 Å². The van der Waals surface area contributed by atoms with Gasteiger partial charge in [-0.1, -0.05) is 25.7 Å². The van der Waals surface area contributed by atoms with E-state index in [0.29, 0.717) is 22.8 Å². The lowest BCUT2D eigenvalue weighted by Crippen LogP contribution is -2.17. The third-order valence-corrected chi connectivity index (χ3v) is 8.58. The van der Waals surface area contributed by atoms with E-state index in [9.17, 15) is 26.4 Å². The third-order valence-electron chi connectivity index (χ3n) is 7.20. The van der Waals surface area contributed by atoms with Crippen LogP contribution in [0.4, 0.5) is 18.9 Å². The standard InChI is InChI=1S/C28H30F3N5O4S/c1-3-40-23-15-14-21(41(38,39)35-20-12-10-19(11-13-20)28(29,30)31)16-22(23)25-33-27(37)24-17(2)32-26(36(24)34-25)18-8-6-4-5-7-9-18/h10-16,18,35H,3-9H2,1-2H3,(H,33,34,37). The molecule has 2 aromatic carbocycles. The van der Waals surface area contributed by atoms with Crippen LogP contribution in [-0.2, 0) is 16.2 Å². The largest absolute Gasteiger partial charge is 0.493 e. The van der Waals surface area contributed by atoms with Crippen LogP contribution in [0.2, 0.25) is 0 Å². The van der Waals surface area contributed by atoms with Crippen LogP contribution in [-0.4, -0.2) is 34.6 Å². The molecule has 0 aliphatic heterocycles. The third kappa shape index (κ3) is 5.95. The molecular weight excluding hydrogens is 559 g/mol. The van der Waals surface area contributed by atoms with Crippen molar-refractivity contribution >= 4 is 21.2 Å². The SMILES string of the molecule is CCOc1ccc(S(=O)(=O)Nc2ccc(C(F)(F)F)cc2)cc1-c1nn2c(C3CCCCCC3)nc(C)c2c(=O)[nH]1. The zero-order chi connectivity index (χ0) is 29.4. The van der Waals surface area contributed by atoms with Crippen molar-refractivity contribution in [3.05, 3.63) is 69.9 Å². The fourth-order valence-electron chi connectivity index (χ4n) is 5.20. The van der Waals surface area contributed by atoms with Crippen LogP contribution in [0.15, 0.2) is 52.2 Å². The molecule has 0 atom stereocenters. The van der Waals surface area contributed by atoms with Gasteiger partial charge >= 0.3 is 6.18 Å². The number of aromatic amines is 1. The molecule has 13 heteroatoms. The van der Waals surface area contributed by atoms with Crippen LogP contribution in [0.25, 0.3) is 16.9 Å². The second kappa shape index (κ2) is 11.2. The topological polar surface area (TPSA) is 118 Å². The normalized spacial score (nSPS) is 15.1. The highest BCUT2D eigenvalue weighted by molar-refractivity contribution is 7.92. The molecule has 1 aliphatic rings. The molecule has 0 unspecified atom stereocenters.